The van der Waals surface area contributed by atoms with Crippen molar-refractivity contribution in [3.63, 3.8) is 0 Å². The second kappa shape index (κ2) is 6.56. The molecule has 1 saturated carbocycles. The number of urea groups is 1. The molecule has 1 fully saturated rings. The third-order valence-corrected chi connectivity index (χ3v) is 3.36. The Kier molecular flexibility index (Phi) is 5.37. The maximum Gasteiger partial charge on any atom is 0.321 e. The van der Waals surface area contributed by atoms with Crippen LogP contribution in [0.5, 0.6) is 0 Å². The maximum absolute atomic E-state index is 11.5. The lowest BCUT2D eigenvalue weighted by atomic mass is 10.0. The number of nitrogens with two attached hydrogens (primary N) is 1. The third kappa shape index (κ3) is 3.98. The highest BCUT2D eigenvalue weighted by Crippen LogP contribution is 2.28. The maximum atomic E-state index is 11.5. The first-order chi connectivity index (χ1) is 8.08. The summed E-state index contributed by atoms with van der Waals surface area (Å²) < 4.78 is 0. The van der Waals surface area contributed by atoms with Crippen LogP contribution in [0.3, 0.4) is 0 Å². The van der Waals surface area contributed by atoms with Gasteiger partial charge in [-0.15, -0.1) is 0 Å². The SMILES string of the molecule is CNC(=O)NC(=O)CN(C)C1CCCC1CN. The zero-order valence-electron chi connectivity index (χ0n) is 10.5. The largest absolute Gasteiger partial charge is 0.341 e. The van der Waals surface area contributed by atoms with Gasteiger partial charge in [0.15, 0.2) is 0 Å². The summed E-state index contributed by atoms with van der Waals surface area (Å²) in [6, 6.07) is -0.111. The van der Waals surface area contributed by atoms with E-state index < -0.39 is 6.03 Å². The topological polar surface area (TPSA) is 87.5 Å². The van der Waals surface area contributed by atoms with Gasteiger partial charge >= 0.3 is 6.03 Å². The number of hydrogen-bond donors (Lipinski definition) is 3. The normalized spacial score (nSPS) is 23.8. The van der Waals surface area contributed by atoms with E-state index in [1.165, 1.54) is 7.05 Å². The molecular weight excluding hydrogens is 220 g/mol. The Morgan fingerprint density at radius 2 is 2.12 bits per heavy atom. The van der Waals surface area contributed by atoms with E-state index in [2.05, 4.69) is 10.6 Å². The van der Waals surface area contributed by atoms with Crippen LogP contribution in [0.1, 0.15) is 19.3 Å². The Morgan fingerprint density at radius 1 is 1.41 bits per heavy atom. The fraction of sp³-hybridized carbons (Fsp3) is 0.818. The Balaban J connectivity index is 2.40. The van der Waals surface area contributed by atoms with Crippen LogP contribution in [-0.4, -0.2) is 50.1 Å². The molecular formula is C11H22N4O2. The molecule has 0 saturated heterocycles. The van der Waals surface area contributed by atoms with Crippen LogP contribution in [0, 0.1) is 5.92 Å². The zero-order valence-corrected chi connectivity index (χ0v) is 10.5. The zero-order chi connectivity index (χ0) is 12.8. The van der Waals surface area contributed by atoms with Crippen molar-refractivity contribution >= 4 is 11.9 Å². The Morgan fingerprint density at radius 3 is 2.71 bits per heavy atom. The summed E-state index contributed by atoms with van der Waals surface area (Å²) in [6.07, 6.45) is 3.36. The van der Waals surface area contributed by atoms with Gasteiger partial charge in [0, 0.05) is 13.1 Å². The summed E-state index contributed by atoms with van der Waals surface area (Å²) in [6.45, 7) is 0.890. The molecule has 0 heterocycles. The fourth-order valence-electron chi connectivity index (χ4n) is 2.44. The van der Waals surface area contributed by atoms with Crippen LogP contribution in [0.25, 0.3) is 0 Å². The van der Waals surface area contributed by atoms with Crippen molar-refractivity contribution < 1.29 is 9.59 Å². The van der Waals surface area contributed by atoms with E-state index in [0.29, 0.717) is 18.5 Å². The number of likely N-dealkylation sites (N-methyl/N-ethyl adjacent to an activating group) is 1. The molecule has 2 unspecified atom stereocenters. The molecule has 1 rings (SSSR count). The Labute approximate surface area is 102 Å². The number of amides is 3. The monoisotopic (exact) mass is 242 g/mol. The van der Waals surface area contributed by atoms with E-state index in [1.54, 1.807) is 0 Å². The minimum absolute atomic E-state index is 0.231. The van der Waals surface area contributed by atoms with Crippen LogP contribution in [0.4, 0.5) is 4.79 Å². The lowest BCUT2D eigenvalue weighted by molar-refractivity contribution is -0.121. The average molecular weight is 242 g/mol. The van der Waals surface area contributed by atoms with Gasteiger partial charge in [0.1, 0.15) is 0 Å². The van der Waals surface area contributed by atoms with Crippen LogP contribution >= 0.6 is 0 Å². The van der Waals surface area contributed by atoms with Crippen molar-refractivity contribution in [3.8, 4) is 0 Å². The van der Waals surface area contributed by atoms with Crippen molar-refractivity contribution in [1.29, 1.82) is 0 Å². The molecule has 0 aromatic heterocycles. The predicted molar refractivity (Wildman–Crippen MR) is 65.4 cm³/mol. The van der Waals surface area contributed by atoms with Crippen molar-refractivity contribution in [3.05, 3.63) is 0 Å². The van der Waals surface area contributed by atoms with E-state index in [-0.39, 0.29) is 12.5 Å². The van der Waals surface area contributed by atoms with Gasteiger partial charge in [-0.25, -0.2) is 4.79 Å². The quantitative estimate of drug-likeness (QED) is 0.620. The number of hydrogen-bond acceptors (Lipinski definition) is 4. The van der Waals surface area contributed by atoms with E-state index in [1.807, 2.05) is 11.9 Å². The van der Waals surface area contributed by atoms with E-state index in [0.717, 1.165) is 19.3 Å². The summed E-state index contributed by atoms with van der Waals surface area (Å²) in [7, 11) is 3.38. The third-order valence-electron chi connectivity index (χ3n) is 3.36. The number of rotatable bonds is 4. The van der Waals surface area contributed by atoms with Crippen LogP contribution in [0.15, 0.2) is 0 Å². The van der Waals surface area contributed by atoms with Crippen molar-refractivity contribution in [1.82, 2.24) is 15.5 Å². The molecule has 6 nitrogen and oxygen atoms in total. The molecule has 0 aliphatic heterocycles. The molecule has 2 atom stereocenters. The van der Waals surface area contributed by atoms with Gasteiger partial charge in [0.25, 0.3) is 0 Å². The number of imide groups is 1. The molecule has 17 heavy (non-hydrogen) atoms. The molecule has 3 amide bonds. The summed E-state index contributed by atoms with van der Waals surface area (Å²) >= 11 is 0. The Bertz CT molecular complexity index is 283. The molecule has 1 aliphatic carbocycles. The Hall–Kier alpha value is -1.14. The van der Waals surface area contributed by atoms with Gasteiger partial charge in [-0.05, 0) is 32.4 Å². The molecule has 0 spiro atoms. The van der Waals surface area contributed by atoms with Crippen LogP contribution in [-0.2, 0) is 4.79 Å². The summed E-state index contributed by atoms with van der Waals surface area (Å²) in [4.78, 5) is 24.5. The number of nitrogens with one attached hydrogen (secondary N) is 2. The molecule has 0 aromatic carbocycles. The highest BCUT2D eigenvalue weighted by Gasteiger charge is 2.30. The van der Waals surface area contributed by atoms with E-state index in [4.69, 9.17) is 5.73 Å². The molecule has 98 valence electrons. The summed E-state index contributed by atoms with van der Waals surface area (Å²) in [5.41, 5.74) is 5.70. The lowest BCUT2D eigenvalue weighted by Crippen LogP contribution is -2.46. The van der Waals surface area contributed by atoms with Gasteiger partial charge in [0.2, 0.25) is 5.91 Å². The van der Waals surface area contributed by atoms with Crippen molar-refractivity contribution in [2.24, 2.45) is 11.7 Å². The first-order valence-corrected chi connectivity index (χ1v) is 6.00. The predicted octanol–water partition coefficient (Wildman–Crippen LogP) is -0.499. The molecule has 0 bridgehead atoms. The van der Waals surface area contributed by atoms with Crippen molar-refractivity contribution in [2.75, 3.05) is 27.2 Å². The second-order valence-corrected chi connectivity index (χ2v) is 4.54. The van der Waals surface area contributed by atoms with Crippen molar-refractivity contribution in [2.45, 2.75) is 25.3 Å². The molecule has 0 radical (unpaired) electrons. The highest BCUT2D eigenvalue weighted by molar-refractivity contribution is 5.95. The number of nitrogens with zero attached hydrogens (tertiary/aromatic N) is 1. The van der Waals surface area contributed by atoms with Gasteiger partial charge < -0.3 is 11.1 Å². The molecule has 1 aliphatic rings. The smallest absolute Gasteiger partial charge is 0.321 e. The van der Waals surface area contributed by atoms with Gasteiger partial charge in [0.05, 0.1) is 6.54 Å². The standard InChI is InChI=1S/C11H22N4O2/c1-13-11(17)14-10(16)7-15(2)9-5-3-4-8(9)6-12/h8-9H,3-7,12H2,1-2H3,(H2,13,14,16,17). The lowest BCUT2D eigenvalue weighted by Gasteiger charge is -2.28. The average Bonchev–Trinajstić information content (AvgIpc) is 2.76. The van der Waals surface area contributed by atoms with Gasteiger partial charge in [-0.1, -0.05) is 6.42 Å². The van der Waals surface area contributed by atoms with Crippen LogP contribution < -0.4 is 16.4 Å². The van der Waals surface area contributed by atoms with Crippen LogP contribution in [0.2, 0.25) is 0 Å². The number of carbonyl (C=O) groups is 2. The van der Waals surface area contributed by atoms with Gasteiger partial charge in [-0.3, -0.25) is 15.0 Å². The number of carbonyl (C=O) groups excluding carboxylic acids is 2. The van der Waals surface area contributed by atoms with E-state index >= 15 is 0 Å². The molecule has 6 heteroatoms. The summed E-state index contributed by atoms with van der Waals surface area (Å²) in [5, 5.41) is 4.60. The van der Waals surface area contributed by atoms with E-state index in [9.17, 15) is 9.59 Å². The molecule has 4 N–H and O–H groups in total. The summed E-state index contributed by atoms with van der Waals surface area (Å²) in [5.74, 6) is 0.183. The molecule has 0 aromatic rings. The van der Waals surface area contributed by atoms with Gasteiger partial charge in [-0.2, -0.15) is 0 Å². The fourth-order valence-corrected chi connectivity index (χ4v) is 2.44. The first-order valence-electron chi connectivity index (χ1n) is 6.00. The first kappa shape index (κ1) is 13.9. The second-order valence-electron chi connectivity index (χ2n) is 4.54. The minimum atomic E-state index is -0.467. The minimum Gasteiger partial charge on any atom is -0.341 e. The highest BCUT2D eigenvalue weighted by atomic mass is 16.2.